The highest BCUT2D eigenvalue weighted by molar-refractivity contribution is 6.36. The number of fused-ring (bicyclic) bond motifs is 4. The van der Waals surface area contributed by atoms with Crippen molar-refractivity contribution in [1.82, 2.24) is 19.9 Å². The van der Waals surface area contributed by atoms with Gasteiger partial charge < -0.3 is 9.88 Å². The standard InChI is InChI=1S/C57H39N5/c58-55(54(40-21-9-3-10-22-40)56-46-26-14-13-23-43(46)36-49(59-56)38-17-5-1-6-18-38)41-29-31-42(32-30-41)57-60-50(39-19-7-2-8-20-39)37-51(61-57)44-33-34-53-48(35-44)47-27-15-16-28-52(47)62(53)45-24-11-4-12-25-45/h1-37,58-59H/b56-54-,58-55?. The van der Waals surface area contributed by atoms with Crippen LogP contribution in [0.2, 0.25) is 0 Å². The van der Waals surface area contributed by atoms with Crippen LogP contribution in [0.5, 0.6) is 0 Å². The highest BCUT2D eigenvalue weighted by Crippen LogP contribution is 2.38. The third-order valence-corrected chi connectivity index (χ3v) is 11.6. The minimum atomic E-state index is 0.414. The van der Waals surface area contributed by atoms with Crippen molar-refractivity contribution in [3.8, 4) is 39.6 Å². The molecule has 8 aromatic carbocycles. The molecule has 3 heterocycles. The van der Waals surface area contributed by atoms with Crippen LogP contribution in [0, 0.1) is 5.41 Å². The van der Waals surface area contributed by atoms with Crippen LogP contribution in [-0.2, 0) is 0 Å². The van der Waals surface area contributed by atoms with E-state index in [1.807, 2.05) is 66.7 Å². The van der Waals surface area contributed by atoms with Crippen LogP contribution >= 0.6 is 0 Å². The van der Waals surface area contributed by atoms with Crippen molar-refractivity contribution in [2.45, 2.75) is 0 Å². The number of para-hydroxylation sites is 2. The molecule has 292 valence electrons. The summed E-state index contributed by atoms with van der Waals surface area (Å²) in [5, 5.41) is 16.0. The molecule has 0 amide bonds. The smallest absolute Gasteiger partial charge is 0.160 e. The molecule has 0 fully saturated rings. The van der Waals surface area contributed by atoms with Crippen LogP contribution in [0.4, 0.5) is 0 Å². The third kappa shape index (κ3) is 6.68. The Bertz CT molecular complexity index is 3350. The quantitative estimate of drug-likeness (QED) is 0.151. The number of hydrogen-bond acceptors (Lipinski definition) is 4. The summed E-state index contributed by atoms with van der Waals surface area (Å²) >= 11 is 0. The van der Waals surface area contributed by atoms with Crippen molar-refractivity contribution in [2.75, 3.05) is 0 Å². The molecule has 5 heteroatoms. The molecule has 2 aromatic heterocycles. The van der Waals surface area contributed by atoms with Crippen molar-refractivity contribution in [2.24, 2.45) is 0 Å². The van der Waals surface area contributed by atoms with Gasteiger partial charge in [-0.1, -0.05) is 182 Å². The van der Waals surface area contributed by atoms with E-state index < -0.39 is 0 Å². The first kappa shape index (κ1) is 36.7. The normalized spacial score (nSPS) is 13.0. The fourth-order valence-corrected chi connectivity index (χ4v) is 8.63. The van der Waals surface area contributed by atoms with E-state index in [1.54, 1.807) is 0 Å². The van der Waals surface area contributed by atoms with Crippen molar-refractivity contribution < 1.29 is 0 Å². The maximum Gasteiger partial charge on any atom is 0.160 e. The largest absolute Gasteiger partial charge is 0.354 e. The third-order valence-electron chi connectivity index (χ3n) is 11.6. The molecule has 2 N–H and O–H groups in total. The summed E-state index contributed by atoms with van der Waals surface area (Å²) in [6.45, 7) is 0. The fourth-order valence-electron chi connectivity index (χ4n) is 8.63. The molecule has 0 atom stereocenters. The molecule has 5 nitrogen and oxygen atoms in total. The summed E-state index contributed by atoms with van der Waals surface area (Å²) in [4.78, 5) is 10.4. The second-order valence-corrected chi connectivity index (χ2v) is 15.5. The van der Waals surface area contributed by atoms with Crippen LogP contribution in [0.3, 0.4) is 0 Å². The molecule has 10 aromatic rings. The molecule has 1 aliphatic rings. The van der Waals surface area contributed by atoms with Crippen LogP contribution < -0.4 is 5.32 Å². The number of allylic oxidation sites excluding steroid dienone is 1. The molecule has 62 heavy (non-hydrogen) atoms. The molecule has 0 radical (unpaired) electrons. The molecule has 0 aliphatic carbocycles. The predicted molar refractivity (Wildman–Crippen MR) is 257 cm³/mol. The van der Waals surface area contributed by atoms with Crippen molar-refractivity contribution in [1.29, 1.82) is 5.41 Å². The zero-order valence-electron chi connectivity index (χ0n) is 33.7. The van der Waals surface area contributed by atoms with Gasteiger partial charge in [0.1, 0.15) is 0 Å². The lowest BCUT2D eigenvalue weighted by atomic mass is 9.88. The van der Waals surface area contributed by atoms with Crippen molar-refractivity contribution >= 4 is 50.6 Å². The zero-order valence-corrected chi connectivity index (χ0v) is 33.7. The summed E-state index contributed by atoms with van der Waals surface area (Å²) in [7, 11) is 0. The Balaban J connectivity index is 1.01. The van der Waals surface area contributed by atoms with E-state index >= 15 is 0 Å². The Morgan fingerprint density at radius 2 is 1.03 bits per heavy atom. The fraction of sp³-hybridized carbons (Fsp3) is 0. The van der Waals surface area contributed by atoms with E-state index in [9.17, 15) is 5.41 Å². The van der Waals surface area contributed by atoms with Crippen LogP contribution in [0.25, 0.3) is 84.4 Å². The first-order valence-electron chi connectivity index (χ1n) is 20.8. The van der Waals surface area contributed by atoms with E-state index in [0.717, 1.165) is 95.0 Å². The lowest BCUT2D eigenvalue weighted by molar-refractivity contribution is 1.18. The number of nitrogens with one attached hydrogen (secondary N) is 2. The van der Waals surface area contributed by atoms with E-state index in [1.165, 1.54) is 5.39 Å². The van der Waals surface area contributed by atoms with E-state index in [4.69, 9.17) is 9.97 Å². The Morgan fingerprint density at radius 3 is 1.77 bits per heavy atom. The van der Waals surface area contributed by atoms with Gasteiger partial charge in [0, 0.05) is 55.5 Å². The van der Waals surface area contributed by atoms with Gasteiger partial charge in [0.05, 0.1) is 33.8 Å². The van der Waals surface area contributed by atoms with Gasteiger partial charge >= 0.3 is 0 Å². The van der Waals surface area contributed by atoms with Gasteiger partial charge in [0.2, 0.25) is 0 Å². The monoisotopic (exact) mass is 793 g/mol. The maximum atomic E-state index is 9.87. The Morgan fingerprint density at radius 1 is 0.452 bits per heavy atom. The molecule has 0 saturated heterocycles. The first-order chi connectivity index (χ1) is 30.7. The van der Waals surface area contributed by atoms with Gasteiger partial charge in [0.15, 0.2) is 5.82 Å². The van der Waals surface area contributed by atoms with Gasteiger partial charge in [-0.3, -0.25) is 5.41 Å². The molecular formula is C57H39N5. The number of rotatable bonds is 8. The number of hydrogen-bond donors (Lipinski definition) is 2. The van der Waals surface area contributed by atoms with Gasteiger partial charge in [-0.25, -0.2) is 9.97 Å². The van der Waals surface area contributed by atoms with Gasteiger partial charge in [-0.15, -0.1) is 0 Å². The van der Waals surface area contributed by atoms with E-state index in [-0.39, 0.29) is 0 Å². The topological polar surface area (TPSA) is 66.6 Å². The second-order valence-electron chi connectivity index (χ2n) is 15.5. The second kappa shape index (κ2) is 15.6. The summed E-state index contributed by atoms with van der Waals surface area (Å²) in [6.07, 6.45) is 2.19. The van der Waals surface area contributed by atoms with Gasteiger partial charge in [-0.05, 0) is 59.2 Å². The minimum Gasteiger partial charge on any atom is -0.354 e. The molecule has 0 spiro atoms. The summed E-state index contributed by atoms with van der Waals surface area (Å²) in [6, 6.07) is 75.2. The average Bonchev–Trinajstić information content (AvgIpc) is 3.69. The lowest BCUT2D eigenvalue weighted by Gasteiger charge is -2.26. The Hall–Kier alpha value is -8.41. The predicted octanol–water partition coefficient (Wildman–Crippen LogP) is 13.6. The molecule has 0 bridgehead atoms. The average molecular weight is 794 g/mol. The number of aromatic nitrogens is 3. The zero-order chi connectivity index (χ0) is 41.4. The van der Waals surface area contributed by atoms with Crippen molar-refractivity contribution in [3.63, 3.8) is 0 Å². The summed E-state index contributed by atoms with van der Waals surface area (Å²) in [5.74, 6) is 0.619. The first-order valence-corrected chi connectivity index (χ1v) is 20.8. The molecule has 11 rings (SSSR count). The summed E-state index contributed by atoms with van der Waals surface area (Å²) in [5.41, 5.74) is 16.1. The molecule has 0 saturated carbocycles. The Labute approximate surface area is 360 Å². The van der Waals surface area contributed by atoms with Gasteiger partial charge in [-0.2, -0.15) is 0 Å². The van der Waals surface area contributed by atoms with Gasteiger partial charge in [0.25, 0.3) is 0 Å². The maximum absolute atomic E-state index is 9.87. The van der Waals surface area contributed by atoms with Crippen LogP contribution in [0.15, 0.2) is 218 Å². The highest BCUT2D eigenvalue weighted by Gasteiger charge is 2.24. The lowest BCUT2D eigenvalue weighted by Crippen LogP contribution is -2.20. The SMILES string of the molecule is N=C(/C(=C1\NC(c2ccccc2)=Cc2ccccc21)c1ccccc1)c1ccc(-c2nc(-c3ccccc3)cc(-c3ccc4c(c3)c3ccccc3n4-c3ccccc3)n2)cc1. The molecule has 1 aliphatic heterocycles. The van der Waals surface area contributed by atoms with Crippen LogP contribution in [-0.4, -0.2) is 20.2 Å². The summed E-state index contributed by atoms with van der Waals surface area (Å²) < 4.78 is 2.33. The number of nitrogens with zero attached hydrogens (tertiary/aromatic N) is 3. The van der Waals surface area contributed by atoms with Crippen LogP contribution in [0.1, 0.15) is 27.8 Å². The van der Waals surface area contributed by atoms with E-state index in [0.29, 0.717) is 11.5 Å². The minimum absolute atomic E-state index is 0.414. The van der Waals surface area contributed by atoms with Crippen molar-refractivity contribution in [3.05, 3.63) is 246 Å². The molecule has 0 unspecified atom stereocenters. The highest BCUT2D eigenvalue weighted by atomic mass is 15.0. The van der Waals surface area contributed by atoms with E-state index in [2.05, 4.69) is 168 Å². The molecular weight excluding hydrogens is 755 g/mol. The number of benzene rings is 8. The Kier molecular flexibility index (Phi) is 9.25.